The van der Waals surface area contributed by atoms with E-state index in [1.807, 2.05) is 47.4 Å². The highest BCUT2D eigenvalue weighted by atomic mass is 32.2. The molecule has 1 amide bonds. The fraction of sp³-hybridized carbons (Fsp3) is 0.480. The van der Waals surface area contributed by atoms with Crippen molar-refractivity contribution in [2.45, 2.75) is 32.2 Å². The SMILES string of the molecule is COc1cc(CN2CCC(CCOS(C)(=O)=O)(CCc3ccccc3)C2=O)cc(OC)c1OC. The lowest BCUT2D eigenvalue weighted by Gasteiger charge is -2.28. The molecule has 0 spiro atoms. The van der Waals surface area contributed by atoms with Crippen molar-refractivity contribution in [3.63, 3.8) is 0 Å². The molecular weight excluding hydrogens is 458 g/mol. The Hall–Kier alpha value is -2.78. The zero-order chi connectivity index (χ0) is 24.8. The van der Waals surface area contributed by atoms with Crippen LogP contribution in [0.15, 0.2) is 42.5 Å². The van der Waals surface area contributed by atoms with Crippen LogP contribution in [-0.2, 0) is 32.1 Å². The predicted molar refractivity (Wildman–Crippen MR) is 129 cm³/mol. The minimum absolute atomic E-state index is 0.00860. The third-order valence-electron chi connectivity index (χ3n) is 6.31. The summed E-state index contributed by atoms with van der Waals surface area (Å²) in [4.78, 5) is 15.5. The summed E-state index contributed by atoms with van der Waals surface area (Å²) in [6.45, 7) is 0.941. The van der Waals surface area contributed by atoms with Gasteiger partial charge in [-0.15, -0.1) is 0 Å². The number of aryl methyl sites for hydroxylation is 1. The van der Waals surface area contributed by atoms with E-state index < -0.39 is 15.5 Å². The number of ether oxygens (including phenoxy) is 3. The first-order valence-corrected chi connectivity index (χ1v) is 13.0. The molecule has 1 unspecified atom stereocenters. The van der Waals surface area contributed by atoms with Gasteiger partial charge < -0.3 is 19.1 Å². The van der Waals surface area contributed by atoms with E-state index in [9.17, 15) is 13.2 Å². The summed E-state index contributed by atoms with van der Waals surface area (Å²) < 4.78 is 44.3. The summed E-state index contributed by atoms with van der Waals surface area (Å²) in [5.74, 6) is 1.56. The smallest absolute Gasteiger partial charge is 0.264 e. The van der Waals surface area contributed by atoms with Gasteiger partial charge in [-0.05, 0) is 48.9 Å². The lowest BCUT2D eigenvalue weighted by Crippen LogP contribution is -2.36. The minimum Gasteiger partial charge on any atom is -0.493 e. The second-order valence-electron chi connectivity index (χ2n) is 8.55. The molecule has 1 fully saturated rings. The van der Waals surface area contributed by atoms with Crippen LogP contribution in [-0.4, -0.2) is 60.0 Å². The summed E-state index contributed by atoms with van der Waals surface area (Å²) >= 11 is 0. The van der Waals surface area contributed by atoms with Crippen molar-refractivity contribution >= 4 is 16.0 Å². The molecular formula is C25H33NO7S. The van der Waals surface area contributed by atoms with Crippen molar-refractivity contribution in [3.8, 4) is 17.2 Å². The van der Waals surface area contributed by atoms with E-state index in [4.69, 9.17) is 18.4 Å². The van der Waals surface area contributed by atoms with Crippen LogP contribution in [0.25, 0.3) is 0 Å². The molecule has 1 aliphatic heterocycles. The molecule has 1 aliphatic rings. The van der Waals surface area contributed by atoms with Crippen molar-refractivity contribution in [3.05, 3.63) is 53.6 Å². The number of rotatable bonds is 12. The van der Waals surface area contributed by atoms with Gasteiger partial charge in [-0.2, -0.15) is 8.42 Å². The Balaban J connectivity index is 1.80. The van der Waals surface area contributed by atoms with Crippen LogP contribution in [0, 0.1) is 5.41 Å². The first-order chi connectivity index (χ1) is 16.2. The number of methoxy groups -OCH3 is 3. The van der Waals surface area contributed by atoms with E-state index in [0.29, 0.717) is 49.6 Å². The average Bonchev–Trinajstić information content (AvgIpc) is 3.12. The van der Waals surface area contributed by atoms with E-state index in [0.717, 1.165) is 23.8 Å². The largest absolute Gasteiger partial charge is 0.493 e. The van der Waals surface area contributed by atoms with Crippen molar-refractivity contribution in [2.24, 2.45) is 5.41 Å². The minimum atomic E-state index is -3.58. The monoisotopic (exact) mass is 491 g/mol. The molecule has 0 saturated carbocycles. The molecule has 0 aromatic heterocycles. The summed E-state index contributed by atoms with van der Waals surface area (Å²) in [7, 11) is 1.08. The van der Waals surface area contributed by atoms with Crippen LogP contribution in [0.4, 0.5) is 0 Å². The Labute approximate surface area is 201 Å². The molecule has 3 rings (SSSR count). The van der Waals surface area contributed by atoms with Gasteiger partial charge in [0.05, 0.1) is 39.6 Å². The standard InChI is InChI=1S/C25H33NO7S/c1-30-21-16-20(17-22(31-2)23(21)32-3)18-26-14-12-25(24(26)27,13-15-33-34(4,28)29)11-10-19-8-6-5-7-9-19/h5-9,16-17H,10-15,18H2,1-4H3. The maximum Gasteiger partial charge on any atom is 0.264 e. The number of likely N-dealkylation sites (tertiary alicyclic amines) is 1. The van der Waals surface area contributed by atoms with Gasteiger partial charge in [-0.25, -0.2) is 0 Å². The molecule has 9 heteroatoms. The van der Waals surface area contributed by atoms with Gasteiger partial charge in [0.15, 0.2) is 11.5 Å². The molecule has 8 nitrogen and oxygen atoms in total. The third-order valence-corrected chi connectivity index (χ3v) is 6.91. The Bertz CT molecular complexity index is 1060. The fourth-order valence-electron chi connectivity index (χ4n) is 4.50. The van der Waals surface area contributed by atoms with E-state index in [1.54, 1.807) is 21.3 Å². The number of carbonyl (C=O) groups is 1. The number of amides is 1. The van der Waals surface area contributed by atoms with E-state index >= 15 is 0 Å². The van der Waals surface area contributed by atoms with Gasteiger partial charge in [-0.1, -0.05) is 30.3 Å². The molecule has 1 atom stereocenters. The maximum absolute atomic E-state index is 13.7. The van der Waals surface area contributed by atoms with Gasteiger partial charge >= 0.3 is 0 Å². The summed E-state index contributed by atoms with van der Waals surface area (Å²) in [6.07, 6.45) is 3.35. The van der Waals surface area contributed by atoms with Crippen LogP contribution in [0.1, 0.15) is 30.4 Å². The van der Waals surface area contributed by atoms with Gasteiger partial charge in [0, 0.05) is 13.1 Å². The van der Waals surface area contributed by atoms with Gasteiger partial charge in [0.25, 0.3) is 10.1 Å². The molecule has 1 heterocycles. The zero-order valence-corrected chi connectivity index (χ0v) is 21.0. The second kappa shape index (κ2) is 11.1. The van der Waals surface area contributed by atoms with Crippen LogP contribution in [0.5, 0.6) is 17.2 Å². The Morgan fingerprint density at radius 1 is 0.941 bits per heavy atom. The highest BCUT2D eigenvalue weighted by Crippen LogP contribution is 2.42. The van der Waals surface area contributed by atoms with Crippen LogP contribution >= 0.6 is 0 Å². The van der Waals surface area contributed by atoms with E-state index in [1.165, 1.54) is 0 Å². The molecule has 1 saturated heterocycles. The third kappa shape index (κ3) is 6.21. The van der Waals surface area contributed by atoms with Crippen molar-refractivity contribution in [2.75, 3.05) is 40.7 Å². The average molecular weight is 492 g/mol. The van der Waals surface area contributed by atoms with E-state index in [2.05, 4.69) is 0 Å². The first kappa shape index (κ1) is 25.8. The van der Waals surface area contributed by atoms with Crippen molar-refractivity contribution < 1.29 is 31.6 Å². The lowest BCUT2D eigenvalue weighted by atomic mass is 9.78. The normalized spacial score (nSPS) is 18.2. The predicted octanol–water partition coefficient (Wildman–Crippen LogP) is 3.43. The highest BCUT2D eigenvalue weighted by molar-refractivity contribution is 7.85. The number of carbonyl (C=O) groups excluding carboxylic acids is 1. The van der Waals surface area contributed by atoms with Crippen LogP contribution in [0.2, 0.25) is 0 Å². The molecule has 186 valence electrons. The molecule has 0 aliphatic carbocycles. The Kier molecular flexibility index (Phi) is 8.43. The highest BCUT2D eigenvalue weighted by Gasteiger charge is 2.46. The summed E-state index contributed by atoms with van der Waals surface area (Å²) in [5, 5.41) is 0. The number of benzene rings is 2. The van der Waals surface area contributed by atoms with Crippen LogP contribution in [0.3, 0.4) is 0 Å². The number of hydrogen-bond donors (Lipinski definition) is 0. The molecule has 0 N–H and O–H groups in total. The molecule has 0 bridgehead atoms. The van der Waals surface area contributed by atoms with E-state index in [-0.39, 0.29) is 12.5 Å². The first-order valence-electron chi connectivity index (χ1n) is 11.2. The quantitative estimate of drug-likeness (QED) is 0.420. The number of hydrogen-bond acceptors (Lipinski definition) is 7. The van der Waals surface area contributed by atoms with Gasteiger partial charge in [0.2, 0.25) is 11.7 Å². The molecule has 0 radical (unpaired) electrons. The van der Waals surface area contributed by atoms with Crippen LogP contribution < -0.4 is 14.2 Å². The second-order valence-corrected chi connectivity index (χ2v) is 10.2. The summed E-state index contributed by atoms with van der Waals surface area (Å²) in [5.41, 5.74) is 1.32. The number of nitrogens with zero attached hydrogens (tertiary/aromatic N) is 1. The fourth-order valence-corrected chi connectivity index (χ4v) is 4.88. The maximum atomic E-state index is 13.7. The lowest BCUT2D eigenvalue weighted by molar-refractivity contribution is -0.137. The molecule has 2 aromatic rings. The summed E-state index contributed by atoms with van der Waals surface area (Å²) in [6, 6.07) is 13.7. The Morgan fingerprint density at radius 3 is 2.15 bits per heavy atom. The van der Waals surface area contributed by atoms with Gasteiger partial charge in [-0.3, -0.25) is 8.98 Å². The van der Waals surface area contributed by atoms with Gasteiger partial charge in [0.1, 0.15) is 0 Å². The molecule has 2 aromatic carbocycles. The Morgan fingerprint density at radius 2 is 1.59 bits per heavy atom. The van der Waals surface area contributed by atoms with Crippen molar-refractivity contribution in [1.29, 1.82) is 0 Å². The topological polar surface area (TPSA) is 91.4 Å². The zero-order valence-electron chi connectivity index (χ0n) is 20.2. The molecule has 34 heavy (non-hydrogen) atoms. The van der Waals surface area contributed by atoms with Crippen molar-refractivity contribution in [1.82, 2.24) is 4.90 Å².